The molecule has 0 fully saturated rings. The van der Waals surface area contributed by atoms with Gasteiger partial charge in [0.25, 0.3) is 5.91 Å². The zero-order valence-electron chi connectivity index (χ0n) is 11.8. The number of ether oxygens (including phenoxy) is 1. The van der Waals surface area contributed by atoms with E-state index < -0.39 is 5.97 Å². The molecule has 1 heterocycles. The summed E-state index contributed by atoms with van der Waals surface area (Å²) < 4.78 is 4.89. The summed E-state index contributed by atoms with van der Waals surface area (Å²) in [5.74, 6) is -0.613. The Morgan fingerprint density at radius 1 is 1.33 bits per heavy atom. The van der Waals surface area contributed by atoms with Crippen molar-refractivity contribution in [2.75, 3.05) is 6.61 Å². The van der Waals surface area contributed by atoms with Crippen molar-refractivity contribution >= 4 is 23.2 Å². The van der Waals surface area contributed by atoms with Gasteiger partial charge in [-0.25, -0.2) is 9.78 Å². The Hall–Kier alpha value is -2.21. The first-order chi connectivity index (χ1) is 10.1. The van der Waals surface area contributed by atoms with Crippen LogP contribution < -0.4 is 5.32 Å². The lowest BCUT2D eigenvalue weighted by molar-refractivity contribution is 0.0520. The molecule has 0 saturated carbocycles. The SMILES string of the molecule is CCOC(=O)c1csc(C(C)NC(=O)c2ccccc2)n1. The molecule has 21 heavy (non-hydrogen) atoms. The fourth-order valence-electron chi connectivity index (χ4n) is 1.72. The Bertz CT molecular complexity index is 625. The van der Waals surface area contributed by atoms with E-state index in [2.05, 4.69) is 10.3 Å². The molecule has 1 unspecified atom stereocenters. The number of amides is 1. The third kappa shape index (κ3) is 3.88. The highest BCUT2D eigenvalue weighted by Gasteiger charge is 2.17. The Morgan fingerprint density at radius 2 is 2.05 bits per heavy atom. The lowest BCUT2D eigenvalue weighted by Gasteiger charge is -2.11. The van der Waals surface area contributed by atoms with Crippen LogP contribution in [0.15, 0.2) is 35.7 Å². The van der Waals surface area contributed by atoms with Crippen molar-refractivity contribution in [1.82, 2.24) is 10.3 Å². The van der Waals surface area contributed by atoms with E-state index in [-0.39, 0.29) is 17.6 Å². The van der Waals surface area contributed by atoms with E-state index in [1.807, 2.05) is 25.1 Å². The average molecular weight is 304 g/mol. The number of benzene rings is 1. The highest BCUT2D eigenvalue weighted by Crippen LogP contribution is 2.19. The van der Waals surface area contributed by atoms with Crippen LogP contribution in [0, 0.1) is 0 Å². The van der Waals surface area contributed by atoms with Crippen molar-refractivity contribution in [1.29, 1.82) is 0 Å². The van der Waals surface area contributed by atoms with Crippen LogP contribution in [0.2, 0.25) is 0 Å². The number of nitrogens with zero attached hydrogens (tertiary/aromatic N) is 1. The van der Waals surface area contributed by atoms with Crippen molar-refractivity contribution in [3.05, 3.63) is 52.0 Å². The molecular formula is C15H16N2O3S. The fourth-order valence-corrected chi connectivity index (χ4v) is 2.51. The monoisotopic (exact) mass is 304 g/mol. The second-order valence-electron chi connectivity index (χ2n) is 4.35. The predicted octanol–water partition coefficient (Wildman–Crippen LogP) is 2.81. The number of esters is 1. The zero-order valence-corrected chi connectivity index (χ0v) is 12.6. The molecule has 0 spiro atoms. The summed E-state index contributed by atoms with van der Waals surface area (Å²) >= 11 is 1.32. The first kappa shape index (κ1) is 15.2. The Morgan fingerprint density at radius 3 is 2.71 bits per heavy atom. The smallest absolute Gasteiger partial charge is 0.357 e. The van der Waals surface area contributed by atoms with Gasteiger partial charge in [0, 0.05) is 10.9 Å². The van der Waals surface area contributed by atoms with Crippen LogP contribution in [-0.4, -0.2) is 23.5 Å². The maximum atomic E-state index is 12.0. The molecule has 0 bridgehead atoms. The van der Waals surface area contributed by atoms with Gasteiger partial charge in [-0.05, 0) is 26.0 Å². The van der Waals surface area contributed by atoms with E-state index in [0.717, 1.165) is 0 Å². The lowest BCUT2D eigenvalue weighted by Crippen LogP contribution is -2.26. The van der Waals surface area contributed by atoms with E-state index in [4.69, 9.17) is 4.74 Å². The molecule has 110 valence electrons. The minimum Gasteiger partial charge on any atom is -0.461 e. The van der Waals surface area contributed by atoms with Crippen molar-refractivity contribution in [3.63, 3.8) is 0 Å². The number of carbonyl (C=O) groups is 2. The Kier molecular flexibility index (Phi) is 5.05. The normalized spacial score (nSPS) is 11.7. The standard InChI is InChI=1S/C15H16N2O3S/c1-3-20-15(19)12-9-21-14(17-12)10(2)16-13(18)11-7-5-4-6-8-11/h4-10H,3H2,1-2H3,(H,16,18). The molecule has 1 aromatic carbocycles. The first-order valence-corrected chi connectivity index (χ1v) is 7.48. The summed E-state index contributed by atoms with van der Waals surface area (Å²) in [4.78, 5) is 27.8. The van der Waals surface area contributed by atoms with Crippen LogP contribution in [0.4, 0.5) is 0 Å². The van der Waals surface area contributed by atoms with Gasteiger partial charge in [0.05, 0.1) is 12.6 Å². The summed E-state index contributed by atoms with van der Waals surface area (Å²) in [6, 6.07) is 8.68. The summed E-state index contributed by atoms with van der Waals surface area (Å²) in [6.07, 6.45) is 0. The number of hydrogen-bond donors (Lipinski definition) is 1. The summed E-state index contributed by atoms with van der Waals surface area (Å²) in [5, 5.41) is 5.16. The molecule has 0 radical (unpaired) electrons. The van der Waals surface area contributed by atoms with Crippen molar-refractivity contribution in [3.8, 4) is 0 Å². The predicted molar refractivity (Wildman–Crippen MR) is 80.4 cm³/mol. The first-order valence-electron chi connectivity index (χ1n) is 6.60. The molecule has 2 rings (SSSR count). The number of carbonyl (C=O) groups excluding carboxylic acids is 2. The highest BCUT2D eigenvalue weighted by molar-refractivity contribution is 7.09. The van der Waals surface area contributed by atoms with Gasteiger partial charge in [-0.2, -0.15) is 0 Å². The van der Waals surface area contributed by atoms with Crippen molar-refractivity contribution < 1.29 is 14.3 Å². The van der Waals surface area contributed by atoms with Crippen molar-refractivity contribution in [2.24, 2.45) is 0 Å². The van der Waals surface area contributed by atoms with Gasteiger partial charge in [0.15, 0.2) is 5.69 Å². The molecule has 6 heteroatoms. The second kappa shape index (κ2) is 6.99. The minimum absolute atomic E-state index is 0.170. The quantitative estimate of drug-likeness (QED) is 0.862. The van der Waals surface area contributed by atoms with Gasteiger partial charge in [-0.1, -0.05) is 18.2 Å². The fraction of sp³-hybridized carbons (Fsp3) is 0.267. The number of hydrogen-bond acceptors (Lipinski definition) is 5. The number of nitrogens with one attached hydrogen (secondary N) is 1. The molecule has 1 atom stereocenters. The molecule has 1 aromatic heterocycles. The van der Waals surface area contributed by atoms with E-state index >= 15 is 0 Å². The largest absolute Gasteiger partial charge is 0.461 e. The van der Waals surface area contributed by atoms with E-state index in [1.165, 1.54) is 11.3 Å². The maximum Gasteiger partial charge on any atom is 0.357 e. The molecule has 2 aromatic rings. The number of thiazole rings is 1. The van der Waals surface area contributed by atoms with Crippen LogP contribution in [0.5, 0.6) is 0 Å². The van der Waals surface area contributed by atoms with Gasteiger partial charge in [0.1, 0.15) is 5.01 Å². The van der Waals surface area contributed by atoms with E-state index in [0.29, 0.717) is 17.2 Å². The van der Waals surface area contributed by atoms with Crippen LogP contribution in [0.25, 0.3) is 0 Å². The molecule has 1 N–H and O–H groups in total. The molecule has 0 aliphatic carbocycles. The van der Waals surface area contributed by atoms with Gasteiger partial charge in [-0.15, -0.1) is 11.3 Å². The zero-order chi connectivity index (χ0) is 15.2. The van der Waals surface area contributed by atoms with Crippen molar-refractivity contribution in [2.45, 2.75) is 19.9 Å². The van der Waals surface area contributed by atoms with Gasteiger partial charge >= 0.3 is 5.97 Å². The molecule has 5 nitrogen and oxygen atoms in total. The minimum atomic E-state index is -0.443. The molecular weight excluding hydrogens is 288 g/mol. The van der Waals surface area contributed by atoms with E-state index in [1.54, 1.807) is 24.4 Å². The Balaban J connectivity index is 2.02. The molecule has 0 aliphatic rings. The Labute approximate surface area is 127 Å². The number of aromatic nitrogens is 1. The van der Waals surface area contributed by atoms with Crippen LogP contribution >= 0.6 is 11.3 Å². The summed E-state index contributed by atoms with van der Waals surface area (Å²) in [6.45, 7) is 3.88. The summed E-state index contributed by atoms with van der Waals surface area (Å²) in [5.41, 5.74) is 0.865. The van der Waals surface area contributed by atoms with Gasteiger partial charge in [0.2, 0.25) is 0 Å². The van der Waals surface area contributed by atoms with Gasteiger partial charge in [-0.3, -0.25) is 4.79 Å². The van der Waals surface area contributed by atoms with Gasteiger partial charge < -0.3 is 10.1 Å². The van der Waals surface area contributed by atoms with Crippen LogP contribution in [0.3, 0.4) is 0 Å². The van der Waals surface area contributed by atoms with E-state index in [9.17, 15) is 9.59 Å². The maximum absolute atomic E-state index is 12.0. The topological polar surface area (TPSA) is 68.3 Å². The third-order valence-electron chi connectivity index (χ3n) is 2.76. The molecule has 0 saturated heterocycles. The number of rotatable bonds is 5. The lowest BCUT2D eigenvalue weighted by atomic mass is 10.2. The van der Waals surface area contributed by atoms with Crippen LogP contribution in [0.1, 0.15) is 45.7 Å². The molecule has 0 aliphatic heterocycles. The highest BCUT2D eigenvalue weighted by atomic mass is 32.1. The van der Waals surface area contributed by atoms with Crippen LogP contribution in [-0.2, 0) is 4.74 Å². The average Bonchev–Trinajstić information content (AvgIpc) is 2.98. The second-order valence-corrected chi connectivity index (χ2v) is 5.24. The summed E-state index contributed by atoms with van der Waals surface area (Å²) in [7, 11) is 0. The third-order valence-corrected chi connectivity index (χ3v) is 3.79. The molecule has 1 amide bonds.